The van der Waals surface area contributed by atoms with Crippen molar-refractivity contribution in [3.05, 3.63) is 60.8 Å². The number of benzene rings is 1. The summed E-state index contributed by atoms with van der Waals surface area (Å²) in [6, 6.07) is 7.62. The highest BCUT2D eigenvalue weighted by Gasteiger charge is 2.33. The number of Topliss-reactive ketones (excluding diaryl/α,β-unsaturated/α-hetero) is 1. The van der Waals surface area contributed by atoms with Crippen LogP contribution >= 0.6 is 0 Å². The third kappa shape index (κ3) is 5.52. The number of carbonyl (C=O) groups excluding carboxylic acids is 2. The molecule has 0 bridgehead atoms. The van der Waals surface area contributed by atoms with Gasteiger partial charge in [-0.1, -0.05) is 17.9 Å². The molecule has 1 aliphatic heterocycles. The molecule has 1 fully saturated rings. The van der Waals surface area contributed by atoms with E-state index in [9.17, 15) is 19.1 Å². The lowest BCUT2D eigenvalue weighted by molar-refractivity contribution is -0.118. The number of amides is 1. The fraction of sp³-hybridized carbons (Fsp3) is 0.318. The van der Waals surface area contributed by atoms with Crippen LogP contribution in [0.3, 0.4) is 0 Å². The van der Waals surface area contributed by atoms with E-state index in [-0.39, 0.29) is 18.7 Å². The summed E-state index contributed by atoms with van der Waals surface area (Å²) in [5.74, 6) is -0.685. The number of hydrogen-bond acceptors (Lipinski definition) is 7. The van der Waals surface area contributed by atoms with Crippen LogP contribution in [-0.2, 0) is 9.53 Å². The molecular formula is C22H24FN5O4. The first kappa shape index (κ1) is 23.0. The number of hydrogen-bond donors (Lipinski definition) is 1. The Hall–Kier alpha value is -3.66. The molecule has 1 N–H and O–H groups in total. The Labute approximate surface area is 184 Å². The molecule has 2 heterocycles. The maximum Gasteiger partial charge on any atom is 0.414 e. The number of pyridine rings is 1. The fourth-order valence-corrected chi connectivity index (χ4v) is 3.33. The van der Waals surface area contributed by atoms with E-state index in [2.05, 4.69) is 21.9 Å². The number of aromatic nitrogens is 1. The smallest absolute Gasteiger partial charge is 0.414 e. The van der Waals surface area contributed by atoms with Gasteiger partial charge in [-0.05, 0) is 31.2 Å². The summed E-state index contributed by atoms with van der Waals surface area (Å²) in [5.41, 5.74) is 1.51. The molecule has 0 spiro atoms. The number of ether oxygens (including phenoxy) is 1. The summed E-state index contributed by atoms with van der Waals surface area (Å²) >= 11 is 0. The molecule has 2 unspecified atom stereocenters. The topological polar surface area (TPSA) is 108 Å². The zero-order valence-electron chi connectivity index (χ0n) is 17.8. The molecule has 3 rings (SSSR count). The number of aliphatic hydroxyl groups is 1. The number of carbonyl (C=O) groups is 2. The van der Waals surface area contributed by atoms with E-state index in [1.54, 1.807) is 31.3 Å². The highest BCUT2D eigenvalue weighted by Crippen LogP contribution is 2.29. The van der Waals surface area contributed by atoms with Crippen molar-refractivity contribution in [2.45, 2.75) is 25.6 Å². The predicted molar refractivity (Wildman–Crippen MR) is 115 cm³/mol. The van der Waals surface area contributed by atoms with Gasteiger partial charge in [-0.3, -0.25) is 19.7 Å². The highest BCUT2D eigenvalue weighted by molar-refractivity contribution is 5.90. The molecule has 168 valence electrons. The van der Waals surface area contributed by atoms with Crippen molar-refractivity contribution in [2.75, 3.05) is 25.0 Å². The molecule has 2 atom stereocenters. The van der Waals surface area contributed by atoms with Gasteiger partial charge in [0.25, 0.3) is 0 Å². The second kappa shape index (κ2) is 10.1. The number of rotatable bonds is 9. The highest BCUT2D eigenvalue weighted by atomic mass is 19.1. The monoisotopic (exact) mass is 441 g/mol. The normalized spacial score (nSPS) is 16.8. The number of anilines is 1. The average molecular weight is 441 g/mol. The van der Waals surface area contributed by atoms with Crippen LogP contribution < -0.4 is 4.90 Å². The third-order valence-corrected chi connectivity index (χ3v) is 4.81. The lowest BCUT2D eigenvalue weighted by Crippen LogP contribution is -2.29. The van der Waals surface area contributed by atoms with Crippen molar-refractivity contribution in [3.63, 3.8) is 0 Å². The standard InChI is InChI=1S/C22H24FN5O4/c1-4-25-26-27(3)12-17-13-28(22(31)32-17)16-6-7-18(19(23)10-16)15-5-8-20(24-11-15)21(30)9-14(2)29/h4-8,10-11,17,21,30H,1,9,12-13H2,2-3H3. The predicted octanol–water partition coefficient (Wildman–Crippen LogP) is 3.67. The van der Waals surface area contributed by atoms with Crippen LogP contribution in [0.15, 0.2) is 59.6 Å². The van der Waals surface area contributed by atoms with Crippen molar-refractivity contribution < 1.29 is 23.8 Å². The molecule has 0 aliphatic carbocycles. The maximum atomic E-state index is 14.8. The number of likely N-dealkylation sites (N-methyl/N-ethyl adjacent to an activating group) is 1. The summed E-state index contributed by atoms with van der Waals surface area (Å²) in [6.07, 6.45) is 0.685. The zero-order valence-corrected chi connectivity index (χ0v) is 17.8. The fourth-order valence-electron chi connectivity index (χ4n) is 3.33. The van der Waals surface area contributed by atoms with Gasteiger partial charge in [0.2, 0.25) is 0 Å². The van der Waals surface area contributed by atoms with Gasteiger partial charge in [-0.15, -0.1) is 5.11 Å². The van der Waals surface area contributed by atoms with Crippen molar-refractivity contribution in [1.29, 1.82) is 0 Å². The van der Waals surface area contributed by atoms with E-state index < -0.39 is 24.1 Å². The van der Waals surface area contributed by atoms with Gasteiger partial charge in [0.15, 0.2) is 0 Å². The molecule has 0 radical (unpaired) electrons. The van der Waals surface area contributed by atoms with Crippen LogP contribution in [0.4, 0.5) is 14.9 Å². The Balaban J connectivity index is 1.71. The van der Waals surface area contributed by atoms with Gasteiger partial charge >= 0.3 is 6.09 Å². The van der Waals surface area contributed by atoms with E-state index >= 15 is 0 Å². The minimum atomic E-state index is -1.000. The van der Waals surface area contributed by atoms with E-state index in [0.29, 0.717) is 29.1 Å². The summed E-state index contributed by atoms with van der Waals surface area (Å²) in [6.45, 7) is 5.41. The van der Waals surface area contributed by atoms with Crippen LogP contribution in [0, 0.1) is 5.82 Å². The van der Waals surface area contributed by atoms with Gasteiger partial charge in [0.05, 0.1) is 24.5 Å². The van der Waals surface area contributed by atoms with E-state index in [1.165, 1.54) is 35.3 Å². The largest absolute Gasteiger partial charge is 0.442 e. The number of ketones is 1. The Morgan fingerprint density at radius 2 is 2.25 bits per heavy atom. The quantitative estimate of drug-likeness (QED) is 0.470. The molecule has 2 aromatic rings. The minimum Gasteiger partial charge on any atom is -0.442 e. The molecule has 1 aromatic carbocycles. The van der Waals surface area contributed by atoms with Crippen LogP contribution in [0.25, 0.3) is 11.1 Å². The number of nitrogens with zero attached hydrogens (tertiary/aromatic N) is 5. The van der Waals surface area contributed by atoms with Crippen molar-refractivity contribution in [2.24, 2.45) is 10.3 Å². The van der Waals surface area contributed by atoms with Crippen LogP contribution in [0.2, 0.25) is 0 Å². The average Bonchev–Trinajstić information content (AvgIpc) is 3.11. The summed E-state index contributed by atoms with van der Waals surface area (Å²) in [5, 5.41) is 19.0. The minimum absolute atomic E-state index is 0.0325. The molecule has 9 nitrogen and oxygen atoms in total. The molecule has 1 saturated heterocycles. The first-order valence-electron chi connectivity index (χ1n) is 9.92. The lowest BCUT2D eigenvalue weighted by atomic mass is 10.0. The Morgan fingerprint density at radius 3 is 2.88 bits per heavy atom. The van der Waals surface area contributed by atoms with E-state index in [4.69, 9.17) is 4.74 Å². The second-order valence-electron chi connectivity index (χ2n) is 7.40. The molecular weight excluding hydrogens is 417 g/mol. The molecule has 1 aromatic heterocycles. The van der Waals surface area contributed by atoms with Crippen molar-refractivity contribution >= 4 is 17.6 Å². The van der Waals surface area contributed by atoms with Crippen LogP contribution in [0.1, 0.15) is 25.1 Å². The maximum absolute atomic E-state index is 14.8. The van der Waals surface area contributed by atoms with Crippen molar-refractivity contribution in [3.8, 4) is 11.1 Å². The number of aliphatic hydroxyl groups excluding tert-OH is 1. The third-order valence-electron chi connectivity index (χ3n) is 4.81. The molecule has 1 amide bonds. The number of cyclic esters (lactones) is 1. The van der Waals surface area contributed by atoms with Gasteiger partial charge < -0.3 is 9.84 Å². The summed E-state index contributed by atoms with van der Waals surface area (Å²) < 4.78 is 20.2. The first-order valence-corrected chi connectivity index (χ1v) is 9.92. The Bertz CT molecular complexity index is 1030. The van der Waals surface area contributed by atoms with Crippen molar-refractivity contribution in [1.82, 2.24) is 9.99 Å². The molecule has 32 heavy (non-hydrogen) atoms. The molecule has 1 aliphatic rings. The van der Waals surface area contributed by atoms with Crippen LogP contribution in [0.5, 0.6) is 0 Å². The van der Waals surface area contributed by atoms with E-state index in [1.807, 2.05) is 0 Å². The Kier molecular flexibility index (Phi) is 7.26. The second-order valence-corrected chi connectivity index (χ2v) is 7.40. The number of halogens is 1. The lowest BCUT2D eigenvalue weighted by Gasteiger charge is -2.16. The first-order chi connectivity index (χ1) is 15.3. The SMILES string of the molecule is C=CN=NN(C)CC1CN(c2ccc(-c3ccc(C(O)CC(C)=O)nc3)c(F)c2)C(=O)O1. The zero-order chi connectivity index (χ0) is 23.3. The Morgan fingerprint density at radius 1 is 1.47 bits per heavy atom. The summed E-state index contributed by atoms with van der Waals surface area (Å²) in [4.78, 5) is 28.9. The summed E-state index contributed by atoms with van der Waals surface area (Å²) in [7, 11) is 1.69. The molecule has 10 heteroatoms. The van der Waals surface area contributed by atoms with Gasteiger partial charge in [-0.2, -0.15) is 0 Å². The molecule has 0 saturated carbocycles. The van der Waals surface area contributed by atoms with Crippen LogP contribution in [-0.4, -0.2) is 53.2 Å². The van der Waals surface area contributed by atoms with Gasteiger partial charge in [0, 0.05) is 37.0 Å². The van der Waals surface area contributed by atoms with Gasteiger partial charge in [0.1, 0.15) is 23.8 Å². The van der Waals surface area contributed by atoms with Gasteiger partial charge in [-0.25, -0.2) is 9.18 Å². The van der Waals surface area contributed by atoms with E-state index in [0.717, 1.165) is 0 Å².